The average molecular weight is 228 g/mol. The van der Waals surface area contributed by atoms with Crippen molar-refractivity contribution in [2.45, 2.75) is 19.8 Å². The smallest absolute Gasteiger partial charge is 0.0145 e. The molecule has 0 aromatic carbocycles. The first-order valence-electron chi connectivity index (χ1n) is 4.60. The van der Waals surface area contributed by atoms with Gasteiger partial charge in [-0.05, 0) is 29.3 Å². The number of hydrogen-bond acceptors (Lipinski definition) is 1. The van der Waals surface area contributed by atoms with Crippen LogP contribution in [-0.2, 0) is 0 Å². The second-order valence-corrected chi connectivity index (χ2v) is 4.55. The third-order valence-corrected chi connectivity index (χ3v) is 3.87. The van der Waals surface area contributed by atoms with Crippen LogP contribution in [0, 0.1) is 11.8 Å². The Hall–Kier alpha value is -0.240. The van der Waals surface area contributed by atoms with E-state index in [9.17, 15) is 0 Å². The third-order valence-electron chi connectivity index (χ3n) is 2.88. The minimum absolute atomic E-state index is 0.665. The Morgan fingerprint density at radius 2 is 2.33 bits per heavy atom. The molecule has 2 unspecified atom stereocenters. The summed E-state index contributed by atoms with van der Waals surface area (Å²) in [7, 11) is 0. The maximum Gasteiger partial charge on any atom is 0.0145 e. The van der Waals surface area contributed by atoms with Crippen LogP contribution in [-0.4, -0.2) is 6.54 Å². The summed E-state index contributed by atoms with van der Waals surface area (Å²) in [6.45, 7) is 3.45. The van der Waals surface area contributed by atoms with Gasteiger partial charge in [-0.3, -0.25) is 0 Å². The predicted molar refractivity (Wildman–Crippen MR) is 55.0 cm³/mol. The highest BCUT2D eigenvalue weighted by atomic mass is 79.9. The maximum atomic E-state index is 3.60. The predicted octanol–water partition coefficient (Wildman–Crippen LogP) is 2.80. The summed E-state index contributed by atoms with van der Waals surface area (Å²) in [6, 6.07) is 0. The lowest BCUT2D eigenvalue weighted by atomic mass is 9.82. The van der Waals surface area contributed by atoms with Crippen LogP contribution in [0.4, 0.5) is 0 Å². The summed E-state index contributed by atoms with van der Waals surface area (Å²) in [5, 5.41) is 3.47. The summed E-state index contributed by atoms with van der Waals surface area (Å²) >= 11 is 3.60. The molecule has 2 atom stereocenters. The van der Waals surface area contributed by atoms with Crippen LogP contribution in [0.25, 0.3) is 0 Å². The molecule has 1 heterocycles. The molecule has 0 aromatic rings. The Labute approximate surface area is 82.1 Å². The van der Waals surface area contributed by atoms with E-state index in [1.807, 2.05) is 0 Å². The standard InChI is InChI=1S/C10H14BrN/c1-7-8-3-2-6-12-10(8)5-4-9(7)11/h4-5,7-8,12H,2-3,6H2,1H3. The van der Waals surface area contributed by atoms with Crippen LogP contribution in [0.1, 0.15) is 19.8 Å². The molecule has 0 saturated carbocycles. The van der Waals surface area contributed by atoms with Gasteiger partial charge in [-0.2, -0.15) is 0 Å². The SMILES string of the molecule is CC1C(Br)=CC=C2NCCCC21. The molecule has 2 rings (SSSR count). The molecule has 1 saturated heterocycles. The van der Waals surface area contributed by atoms with Gasteiger partial charge in [-0.25, -0.2) is 0 Å². The van der Waals surface area contributed by atoms with Crippen molar-refractivity contribution in [1.82, 2.24) is 5.32 Å². The molecule has 0 bridgehead atoms. The number of piperidine rings is 1. The van der Waals surface area contributed by atoms with Gasteiger partial charge in [0.15, 0.2) is 0 Å². The fourth-order valence-corrected chi connectivity index (χ4v) is 2.51. The van der Waals surface area contributed by atoms with E-state index in [-0.39, 0.29) is 0 Å². The summed E-state index contributed by atoms with van der Waals surface area (Å²) in [6.07, 6.45) is 7.04. The zero-order valence-corrected chi connectivity index (χ0v) is 8.89. The molecule has 0 radical (unpaired) electrons. The number of rotatable bonds is 0. The normalized spacial score (nSPS) is 34.5. The molecule has 1 aliphatic carbocycles. The summed E-state index contributed by atoms with van der Waals surface area (Å²) in [5.74, 6) is 1.40. The van der Waals surface area contributed by atoms with Gasteiger partial charge >= 0.3 is 0 Å². The molecule has 0 amide bonds. The molecular formula is C10H14BrN. The van der Waals surface area contributed by atoms with Crippen LogP contribution in [0.5, 0.6) is 0 Å². The number of nitrogens with one attached hydrogen (secondary N) is 1. The van der Waals surface area contributed by atoms with Gasteiger partial charge in [-0.1, -0.05) is 28.9 Å². The van der Waals surface area contributed by atoms with Crippen LogP contribution in [0.15, 0.2) is 22.3 Å². The molecular weight excluding hydrogens is 214 g/mol. The van der Waals surface area contributed by atoms with Crippen molar-refractivity contribution in [2.75, 3.05) is 6.54 Å². The summed E-state index contributed by atoms with van der Waals surface area (Å²) in [4.78, 5) is 0. The Kier molecular flexibility index (Phi) is 2.26. The van der Waals surface area contributed by atoms with Crippen molar-refractivity contribution >= 4 is 15.9 Å². The topological polar surface area (TPSA) is 12.0 Å². The van der Waals surface area contributed by atoms with Crippen LogP contribution in [0.2, 0.25) is 0 Å². The van der Waals surface area contributed by atoms with Crippen molar-refractivity contribution in [3.63, 3.8) is 0 Å². The lowest BCUT2D eigenvalue weighted by Crippen LogP contribution is -2.32. The van der Waals surface area contributed by atoms with E-state index in [0.717, 1.165) is 12.5 Å². The largest absolute Gasteiger partial charge is 0.388 e. The highest BCUT2D eigenvalue weighted by Crippen LogP contribution is 2.37. The lowest BCUT2D eigenvalue weighted by Gasteiger charge is -2.33. The molecule has 0 aromatic heterocycles. The van der Waals surface area contributed by atoms with Crippen LogP contribution < -0.4 is 5.32 Å². The highest BCUT2D eigenvalue weighted by Gasteiger charge is 2.27. The maximum absolute atomic E-state index is 3.60. The fraction of sp³-hybridized carbons (Fsp3) is 0.600. The summed E-state index contributed by atoms with van der Waals surface area (Å²) < 4.78 is 1.35. The zero-order valence-electron chi connectivity index (χ0n) is 7.31. The van der Waals surface area contributed by atoms with Gasteiger partial charge in [0.2, 0.25) is 0 Å². The number of fused-ring (bicyclic) bond motifs is 1. The fourth-order valence-electron chi connectivity index (χ4n) is 2.06. The number of halogens is 1. The molecule has 1 aliphatic heterocycles. The van der Waals surface area contributed by atoms with Gasteiger partial charge in [-0.15, -0.1) is 0 Å². The molecule has 12 heavy (non-hydrogen) atoms. The van der Waals surface area contributed by atoms with E-state index >= 15 is 0 Å². The van der Waals surface area contributed by atoms with E-state index < -0.39 is 0 Å². The molecule has 66 valence electrons. The molecule has 0 spiro atoms. The first-order chi connectivity index (χ1) is 5.79. The Balaban J connectivity index is 2.24. The second-order valence-electron chi connectivity index (χ2n) is 3.64. The monoisotopic (exact) mass is 227 g/mol. The molecule has 1 nitrogen and oxygen atoms in total. The second kappa shape index (κ2) is 3.25. The van der Waals surface area contributed by atoms with Gasteiger partial charge in [0.25, 0.3) is 0 Å². The van der Waals surface area contributed by atoms with E-state index in [0.29, 0.717) is 5.92 Å². The molecule has 1 fully saturated rings. The van der Waals surface area contributed by atoms with E-state index in [1.54, 1.807) is 0 Å². The van der Waals surface area contributed by atoms with Crippen molar-refractivity contribution in [3.05, 3.63) is 22.3 Å². The van der Waals surface area contributed by atoms with Crippen LogP contribution in [0.3, 0.4) is 0 Å². The lowest BCUT2D eigenvalue weighted by molar-refractivity contribution is 0.368. The van der Waals surface area contributed by atoms with Crippen molar-refractivity contribution in [3.8, 4) is 0 Å². The number of hydrogen-bond donors (Lipinski definition) is 1. The highest BCUT2D eigenvalue weighted by molar-refractivity contribution is 9.11. The first kappa shape index (κ1) is 8.36. The Morgan fingerprint density at radius 3 is 3.17 bits per heavy atom. The van der Waals surface area contributed by atoms with Gasteiger partial charge in [0, 0.05) is 18.2 Å². The van der Waals surface area contributed by atoms with Gasteiger partial charge in [0.05, 0.1) is 0 Å². The molecule has 2 aliphatic rings. The minimum atomic E-state index is 0.665. The summed E-state index contributed by atoms with van der Waals surface area (Å²) in [5.41, 5.74) is 1.44. The number of allylic oxidation sites excluding steroid dienone is 4. The van der Waals surface area contributed by atoms with Crippen molar-refractivity contribution < 1.29 is 0 Å². The van der Waals surface area contributed by atoms with Crippen molar-refractivity contribution in [2.24, 2.45) is 11.8 Å². The van der Waals surface area contributed by atoms with Gasteiger partial charge < -0.3 is 5.32 Å². The van der Waals surface area contributed by atoms with Crippen LogP contribution >= 0.6 is 15.9 Å². The van der Waals surface area contributed by atoms with Crippen molar-refractivity contribution in [1.29, 1.82) is 0 Å². The van der Waals surface area contributed by atoms with Gasteiger partial charge in [0.1, 0.15) is 0 Å². The third kappa shape index (κ3) is 1.33. The molecule has 2 heteroatoms. The first-order valence-corrected chi connectivity index (χ1v) is 5.39. The van der Waals surface area contributed by atoms with E-state index in [2.05, 4.69) is 40.3 Å². The Bertz CT molecular complexity index is 242. The van der Waals surface area contributed by atoms with E-state index in [4.69, 9.17) is 0 Å². The molecule has 1 N–H and O–H groups in total. The zero-order chi connectivity index (χ0) is 8.55. The quantitative estimate of drug-likeness (QED) is 0.672. The van der Waals surface area contributed by atoms with E-state index in [1.165, 1.54) is 23.0 Å². The average Bonchev–Trinajstić information content (AvgIpc) is 2.12. The Morgan fingerprint density at radius 1 is 1.50 bits per heavy atom. The minimum Gasteiger partial charge on any atom is -0.388 e.